The largest absolute Gasteiger partial charge is 0.275 e. The van der Waals surface area contributed by atoms with Crippen LogP contribution in [0.3, 0.4) is 0 Å². The summed E-state index contributed by atoms with van der Waals surface area (Å²) >= 11 is 0. The van der Waals surface area contributed by atoms with E-state index in [0.717, 1.165) is 0 Å². The first-order chi connectivity index (χ1) is 4.26. The lowest BCUT2D eigenvalue weighted by Crippen LogP contribution is -1.73. The SMILES string of the molecule is [C-]#[N+]/C(C#N)=C(/C)C#N. The van der Waals surface area contributed by atoms with Crippen LogP contribution in [0.25, 0.3) is 4.85 Å². The molecular weight excluding hydrogens is 114 g/mol. The number of nitriles is 2. The van der Waals surface area contributed by atoms with Gasteiger partial charge in [-0.15, -0.1) is 0 Å². The van der Waals surface area contributed by atoms with Gasteiger partial charge >= 0.3 is 0 Å². The van der Waals surface area contributed by atoms with Crippen molar-refractivity contribution in [2.24, 2.45) is 0 Å². The third-order valence-electron chi connectivity index (χ3n) is 0.741. The molecule has 0 saturated heterocycles. The Morgan fingerprint density at radius 3 is 2.11 bits per heavy atom. The van der Waals surface area contributed by atoms with Gasteiger partial charge in [0.15, 0.2) is 0 Å². The molecule has 0 bridgehead atoms. The molecule has 0 saturated carbocycles. The lowest BCUT2D eigenvalue weighted by molar-refractivity contribution is 1.39. The van der Waals surface area contributed by atoms with Gasteiger partial charge in [-0.05, 0) is 6.92 Å². The van der Waals surface area contributed by atoms with Gasteiger partial charge in [0.1, 0.15) is 0 Å². The Kier molecular flexibility index (Phi) is 2.60. The molecule has 0 spiro atoms. The lowest BCUT2D eigenvalue weighted by atomic mass is 10.3. The minimum absolute atomic E-state index is 0.127. The van der Waals surface area contributed by atoms with Gasteiger partial charge in [0.25, 0.3) is 5.70 Å². The lowest BCUT2D eigenvalue weighted by Gasteiger charge is -1.79. The average molecular weight is 117 g/mol. The van der Waals surface area contributed by atoms with Crippen molar-refractivity contribution < 1.29 is 0 Å². The van der Waals surface area contributed by atoms with Gasteiger partial charge in [0.2, 0.25) is 0 Å². The number of rotatable bonds is 0. The fourth-order valence-electron chi connectivity index (χ4n) is 0.246. The second kappa shape index (κ2) is 3.24. The summed E-state index contributed by atoms with van der Waals surface area (Å²) in [6.45, 7) is 7.83. The summed E-state index contributed by atoms with van der Waals surface area (Å²) in [4.78, 5) is 2.82. The number of hydrogen-bond donors (Lipinski definition) is 0. The fourth-order valence-corrected chi connectivity index (χ4v) is 0.246. The van der Waals surface area contributed by atoms with Crippen molar-refractivity contribution in [1.29, 1.82) is 10.5 Å². The average Bonchev–Trinajstić information content (AvgIpc) is 1.90. The third kappa shape index (κ3) is 1.63. The molecule has 0 N–H and O–H groups in total. The van der Waals surface area contributed by atoms with Gasteiger partial charge in [-0.2, -0.15) is 5.26 Å². The van der Waals surface area contributed by atoms with Crippen LogP contribution in [-0.4, -0.2) is 0 Å². The summed E-state index contributed by atoms with van der Waals surface area (Å²) in [6.07, 6.45) is 0. The normalized spacial score (nSPS) is 10.0. The van der Waals surface area contributed by atoms with Crippen LogP contribution >= 0.6 is 0 Å². The molecule has 0 fully saturated rings. The molecule has 0 aliphatic heterocycles. The van der Waals surface area contributed by atoms with E-state index in [4.69, 9.17) is 17.1 Å². The molecule has 0 amide bonds. The summed E-state index contributed by atoms with van der Waals surface area (Å²) in [5.74, 6) is 0. The quantitative estimate of drug-likeness (QED) is 0.354. The van der Waals surface area contributed by atoms with E-state index in [1.54, 1.807) is 12.1 Å². The highest BCUT2D eigenvalue weighted by Crippen LogP contribution is 2.01. The van der Waals surface area contributed by atoms with E-state index in [1.807, 2.05) is 0 Å². The maximum atomic E-state index is 8.17. The molecule has 0 rings (SSSR count). The zero-order valence-corrected chi connectivity index (χ0v) is 4.84. The van der Waals surface area contributed by atoms with E-state index in [2.05, 4.69) is 4.85 Å². The van der Waals surface area contributed by atoms with Crippen LogP contribution in [-0.2, 0) is 0 Å². The molecule has 9 heavy (non-hydrogen) atoms. The van der Waals surface area contributed by atoms with Crippen molar-refractivity contribution in [3.8, 4) is 12.1 Å². The Labute approximate surface area is 53.3 Å². The topological polar surface area (TPSA) is 51.9 Å². The second-order valence-electron chi connectivity index (χ2n) is 1.31. The molecule has 0 aliphatic carbocycles. The first-order valence-corrected chi connectivity index (χ1v) is 2.14. The Hall–Kier alpha value is -1.79. The second-order valence-corrected chi connectivity index (χ2v) is 1.31. The van der Waals surface area contributed by atoms with Crippen molar-refractivity contribution >= 4 is 0 Å². The van der Waals surface area contributed by atoms with Crippen molar-refractivity contribution in [2.75, 3.05) is 0 Å². The summed E-state index contributed by atoms with van der Waals surface area (Å²) in [5.41, 5.74) is 0.0463. The summed E-state index contributed by atoms with van der Waals surface area (Å²) in [5, 5.41) is 16.3. The molecule has 0 heterocycles. The van der Waals surface area contributed by atoms with Crippen LogP contribution in [0, 0.1) is 29.2 Å². The molecule has 3 heteroatoms. The minimum Gasteiger partial charge on any atom is -0.226 e. The van der Waals surface area contributed by atoms with Crippen molar-refractivity contribution in [3.05, 3.63) is 22.7 Å². The Morgan fingerprint density at radius 2 is 2.00 bits per heavy atom. The molecule has 0 unspecified atom stereocenters. The maximum absolute atomic E-state index is 8.17. The van der Waals surface area contributed by atoms with Crippen molar-refractivity contribution in [2.45, 2.75) is 6.92 Å². The van der Waals surface area contributed by atoms with Crippen LogP contribution < -0.4 is 0 Å². The highest BCUT2D eigenvalue weighted by Gasteiger charge is 1.96. The van der Waals surface area contributed by atoms with E-state index in [-0.39, 0.29) is 11.3 Å². The fraction of sp³-hybridized carbons (Fsp3) is 0.167. The highest BCUT2D eigenvalue weighted by atomic mass is 14.7. The van der Waals surface area contributed by atoms with Gasteiger partial charge in [-0.25, -0.2) is 10.1 Å². The number of nitrogens with zero attached hydrogens (tertiary/aromatic N) is 3. The molecule has 0 aromatic rings. The molecule has 0 aromatic heterocycles. The molecule has 0 radical (unpaired) electrons. The van der Waals surface area contributed by atoms with Crippen LogP contribution in [0.1, 0.15) is 6.92 Å². The Balaban J connectivity index is 4.78. The molecular formula is C6H3N3. The number of hydrogen-bond acceptors (Lipinski definition) is 2. The van der Waals surface area contributed by atoms with Gasteiger partial charge in [0.05, 0.1) is 18.7 Å². The van der Waals surface area contributed by atoms with Crippen LogP contribution in [0.5, 0.6) is 0 Å². The number of allylic oxidation sites excluding steroid dienone is 2. The molecule has 3 nitrogen and oxygen atoms in total. The zero-order valence-electron chi connectivity index (χ0n) is 4.84. The first-order valence-electron chi connectivity index (χ1n) is 2.14. The zero-order chi connectivity index (χ0) is 7.28. The third-order valence-corrected chi connectivity index (χ3v) is 0.741. The predicted octanol–water partition coefficient (Wildman–Crippen LogP) is 1.23. The molecule has 42 valence electrons. The predicted molar refractivity (Wildman–Crippen MR) is 30.5 cm³/mol. The molecule has 0 aliphatic rings. The van der Waals surface area contributed by atoms with Gasteiger partial charge in [0, 0.05) is 5.57 Å². The summed E-state index contributed by atoms with van der Waals surface area (Å²) in [6, 6.07) is 3.32. The molecule has 0 aromatic carbocycles. The molecule has 0 atom stereocenters. The first kappa shape index (κ1) is 7.21. The van der Waals surface area contributed by atoms with E-state index >= 15 is 0 Å². The van der Waals surface area contributed by atoms with Gasteiger partial charge in [-0.3, -0.25) is 0 Å². The smallest absolute Gasteiger partial charge is 0.226 e. The van der Waals surface area contributed by atoms with Crippen molar-refractivity contribution in [1.82, 2.24) is 0 Å². The maximum Gasteiger partial charge on any atom is 0.275 e. The van der Waals surface area contributed by atoms with Crippen LogP contribution in [0.2, 0.25) is 0 Å². The Morgan fingerprint density at radius 1 is 1.44 bits per heavy atom. The Bertz CT molecular complexity index is 237. The van der Waals surface area contributed by atoms with Gasteiger partial charge in [-0.1, -0.05) is 0 Å². The monoisotopic (exact) mass is 117 g/mol. The van der Waals surface area contributed by atoms with Crippen LogP contribution in [0.15, 0.2) is 11.3 Å². The highest BCUT2D eigenvalue weighted by molar-refractivity contribution is 5.38. The summed E-state index contributed by atoms with van der Waals surface area (Å²) in [7, 11) is 0. The van der Waals surface area contributed by atoms with E-state index in [9.17, 15) is 0 Å². The van der Waals surface area contributed by atoms with Gasteiger partial charge < -0.3 is 0 Å². The standard InChI is InChI=1S/C6H3N3/c1-5(3-7)6(4-8)9-2/h1H3/b6-5-. The van der Waals surface area contributed by atoms with Crippen LogP contribution in [0.4, 0.5) is 0 Å². The summed E-state index contributed by atoms with van der Waals surface area (Å²) < 4.78 is 0. The minimum atomic E-state index is -0.127. The van der Waals surface area contributed by atoms with E-state index in [1.165, 1.54) is 6.92 Å². The van der Waals surface area contributed by atoms with E-state index < -0.39 is 0 Å². The van der Waals surface area contributed by atoms with Crippen molar-refractivity contribution in [3.63, 3.8) is 0 Å². The van der Waals surface area contributed by atoms with E-state index in [0.29, 0.717) is 0 Å².